The van der Waals surface area contributed by atoms with E-state index < -0.39 is 0 Å². The molecular weight excluding hydrogens is 392 g/mol. The van der Waals surface area contributed by atoms with E-state index in [1.54, 1.807) is 14.2 Å². The Labute approximate surface area is 187 Å². The molecule has 0 N–H and O–H groups in total. The summed E-state index contributed by atoms with van der Waals surface area (Å²) in [4.78, 5) is 21.9. The van der Waals surface area contributed by atoms with Crippen LogP contribution in [-0.4, -0.2) is 100 Å². The molecular formula is C24H40N4O3. The first-order valence-corrected chi connectivity index (χ1v) is 11.7. The fourth-order valence-electron chi connectivity index (χ4n) is 4.80. The van der Waals surface area contributed by atoms with E-state index >= 15 is 0 Å². The van der Waals surface area contributed by atoms with Gasteiger partial charge >= 0.3 is 0 Å². The van der Waals surface area contributed by atoms with Gasteiger partial charge in [-0.25, -0.2) is 0 Å². The van der Waals surface area contributed by atoms with Crippen molar-refractivity contribution in [2.24, 2.45) is 0 Å². The number of anilines is 1. The minimum atomic E-state index is 0.253. The van der Waals surface area contributed by atoms with Crippen LogP contribution in [0.2, 0.25) is 0 Å². The molecule has 1 aromatic carbocycles. The van der Waals surface area contributed by atoms with Crippen LogP contribution in [-0.2, 0) is 4.79 Å². The van der Waals surface area contributed by atoms with Gasteiger partial charge < -0.3 is 19.3 Å². The maximum atomic E-state index is 12.8. The van der Waals surface area contributed by atoms with Gasteiger partial charge in [0.1, 0.15) is 0 Å². The van der Waals surface area contributed by atoms with Crippen LogP contribution in [0.1, 0.15) is 32.6 Å². The molecule has 0 radical (unpaired) electrons. The first kappa shape index (κ1) is 23.7. The standard InChI is InChI=1S/C24H40N4O3/c1-5-26(21-10-11-22(30-3)23(18-21)31-4)13-12-25(2)19-24(29)28-16-14-27(15-17-28)20-8-6-7-9-20/h10-11,18,20H,5-9,12-17,19H2,1-4H3. The molecule has 1 heterocycles. The first-order valence-electron chi connectivity index (χ1n) is 11.7. The summed E-state index contributed by atoms with van der Waals surface area (Å²) in [5.74, 6) is 1.72. The lowest BCUT2D eigenvalue weighted by atomic mass is 10.2. The summed E-state index contributed by atoms with van der Waals surface area (Å²) >= 11 is 0. The van der Waals surface area contributed by atoms with E-state index in [9.17, 15) is 4.79 Å². The van der Waals surface area contributed by atoms with Crippen LogP contribution < -0.4 is 14.4 Å². The highest BCUT2D eigenvalue weighted by molar-refractivity contribution is 5.78. The number of piperazine rings is 1. The lowest BCUT2D eigenvalue weighted by molar-refractivity contribution is -0.134. The van der Waals surface area contributed by atoms with Gasteiger partial charge in [0, 0.05) is 63.6 Å². The van der Waals surface area contributed by atoms with Gasteiger partial charge in [0.2, 0.25) is 5.91 Å². The number of benzene rings is 1. The molecule has 0 aromatic heterocycles. The molecule has 0 bridgehead atoms. The summed E-state index contributed by atoms with van der Waals surface area (Å²) in [7, 11) is 5.34. The van der Waals surface area contributed by atoms with Crippen molar-refractivity contribution >= 4 is 11.6 Å². The summed E-state index contributed by atoms with van der Waals surface area (Å²) in [5.41, 5.74) is 1.10. The molecule has 7 heteroatoms. The second-order valence-electron chi connectivity index (χ2n) is 8.71. The third-order valence-electron chi connectivity index (χ3n) is 6.78. The molecule has 1 aliphatic heterocycles. The van der Waals surface area contributed by atoms with Gasteiger partial charge in [0.05, 0.1) is 20.8 Å². The second kappa shape index (κ2) is 11.6. The number of methoxy groups -OCH3 is 2. The average Bonchev–Trinajstić information content (AvgIpc) is 3.34. The maximum absolute atomic E-state index is 12.8. The molecule has 1 saturated heterocycles. The molecule has 1 saturated carbocycles. The molecule has 0 atom stereocenters. The SMILES string of the molecule is CCN(CCN(C)CC(=O)N1CCN(C2CCCC2)CC1)c1ccc(OC)c(OC)c1. The lowest BCUT2D eigenvalue weighted by Gasteiger charge is -2.38. The van der Waals surface area contributed by atoms with E-state index in [0.29, 0.717) is 6.54 Å². The highest BCUT2D eigenvalue weighted by Gasteiger charge is 2.28. The van der Waals surface area contributed by atoms with Crippen LogP contribution in [0.25, 0.3) is 0 Å². The Morgan fingerprint density at radius 2 is 1.71 bits per heavy atom. The van der Waals surface area contributed by atoms with Crippen LogP contribution in [0, 0.1) is 0 Å². The van der Waals surface area contributed by atoms with Crippen molar-refractivity contribution in [2.75, 3.05) is 78.5 Å². The molecule has 1 aromatic rings. The second-order valence-corrected chi connectivity index (χ2v) is 8.71. The smallest absolute Gasteiger partial charge is 0.236 e. The van der Waals surface area contributed by atoms with Crippen molar-refractivity contribution in [3.8, 4) is 11.5 Å². The van der Waals surface area contributed by atoms with E-state index in [4.69, 9.17) is 9.47 Å². The van der Waals surface area contributed by atoms with Gasteiger partial charge in [-0.15, -0.1) is 0 Å². The summed E-state index contributed by atoms with van der Waals surface area (Å²) in [6, 6.07) is 6.77. The Kier molecular flexibility index (Phi) is 8.84. The number of hydrogen-bond donors (Lipinski definition) is 0. The third kappa shape index (κ3) is 6.26. The fourth-order valence-corrected chi connectivity index (χ4v) is 4.80. The quantitative estimate of drug-likeness (QED) is 0.566. The Hall–Kier alpha value is -1.99. The lowest BCUT2D eigenvalue weighted by Crippen LogP contribution is -2.53. The topological polar surface area (TPSA) is 48.5 Å². The highest BCUT2D eigenvalue weighted by Crippen LogP contribution is 2.31. The van der Waals surface area contributed by atoms with Crippen molar-refractivity contribution in [1.82, 2.24) is 14.7 Å². The highest BCUT2D eigenvalue weighted by atomic mass is 16.5. The number of hydrogen-bond acceptors (Lipinski definition) is 6. The monoisotopic (exact) mass is 432 g/mol. The van der Waals surface area contributed by atoms with Crippen molar-refractivity contribution in [3.63, 3.8) is 0 Å². The normalized spacial score (nSPS) is 17.9. The van der Waals surface area contributed by atoms with E-state index in [-0.39, 0.29) is 5.91 Å². The molecule has 1 aliphatic carbocycles. The van der Waals surface area contributed by atoms with Crippen LogP contribution in [0.15, 0.2) is 18.2 Å². The van der Waals surface area contributed by atoms with Gasteiger partial charge in [0.15, 0.2) is 11.5 Å². The van der Waals surface area contributed by atoms with Gasteiger partial charge in [-0.2, -0.15) is 0 Å². The minimum absolute atomic E-state index is 0.253. The molecule has 0 spiro atoms. The molecule has 7 nitrogen and oxygen atoms in total. The van der Waals surface area contributed by atoms with Crippen LogP contribution in [0.4, 0.5) is 5.69 Å². The Balaban J connectivity index is 1.44. The number of carbonyl (C=O) groups excluding carboxylic acids is 1. The van der Waals surface area contributed by atoms with Crippen molar-refractivity contribution in [2.45, 2.75) is 38.6 Å². The fraction of sp³-hybridized carbons (Fsp3) is 0.708. The number of carbonyl (C=O) groups is 1. The van der Waals surface area contributed by atoms with Gasteiger partial charge in [-0.05, 0) is 38.9 Å². The number of amides is 1. The van der Waals surface area contributed by atoms with Gasteiger partial charge in [-0.3, -0.25) is 14.6 Å². The number of ether oxygens (including phenoxy) is 2. The molecule has 2 fully saturated rings. The molecule has 31 heavy (non-hydrogen) atoms. The van der Waals surface area contributed by atoms with E-state index in [1.807, 2.05) is 24.1 Å². The van der Waals surface area contributed by atoms with Crippen molar-refractivity contribution in [1.29, 1.82) is 0 Å². The zero-order valence-electron chi connectivity index (χ0n) is 19.8. The van der Waals surface area contributed by atoms with Crippen LogP contribution in [0.5, 0.6) is 11.5 Å². The molecule has 3 rings (SSSR count). The van der Waals surface area contributed by atoms with E-state index in [1.165, 1.54) is 25.7 Å². The van der Waals surface area contributed by atoms with Gasteiger partial charge in [-0.1, -0.05) is 12.8 Å². The summed E-state index contributed by atoms with van der Waals surface area (Å²) < 4.78 is 10.8. The summed E-state index contributed by atoms with van der Waals surface area (Å²) in [6.07, 6.45) is 5.41. The van der Waals surface area contributed by atoms with Crippen LogP contribution >= 0.6 is 0 Å². The number of likely N-dealkylation sites (N-methyl/N-ethyl adjacent to an activating group) is 2. The Bertz CT molecular complexity index is 700. The maximum Gasteiger partial charge on any atom is 0.236 e. The number of nitrogens with zero attached hydrogens (tertiary/aromatic N) is 4. The molecule has 1 amide bonds. The summed E-state index contributed by atoms with van der Waals surface area (Å²) in [6.45, 7) is 9.00. The first-order chi connectivity index (χ1) is 15.0. The minimum Gasteiger partial charge on any atom is -0.493 e. The van der Waals surface area contributed by atoms with Crippen molar-refractivity contribution in [3.05, 3.63) is 18.2 Å². The largest absolute Gasteiger partial charge is 0.493 e. The van der Waals surface area contributed by atoms with E-state index in [0.717, 1.165) is 69.0 Å². The average molecular weight is 433 g/mol. The third-order valence-corrected chi connectivity index (χ3v) is 6.78. The zero-order valence-corrected chi connectivity index (χ0v) is 19.8. The molecule has 2 aliphatic rings. The van der Waals surface area contributed by atoms with Crippen LogP contribution in [0.3, 0.4) is 0 Å². The zero-order chi connectivity index (χ0) is 22.2. The predicted molar refractivity (Wildman–Crippen MR) is 125 cm³/mol. The van der Waals surface area contributed by atoms with Gasteiger partial charge in [0.25, 0.3) is 0 Å². The number of rotatable bonds is 10. The molecule has 174 valence electrons. The Morgan fingerprint density at radius 3 is 2.32 bits per heavy atom. The summed E-state index contributed by atoms with van der Waals surface area (Å²) in [5, 5.41) is 0. The van der Waals surface area contributed by atoms with E-state index in [2.05, 4.69) is 27.7 Å². The predicted octanol–water partition coefficient (Wildman–Crippen LogP) is 2.55. The molecule has 0 unspecified atom stereocenters. The Morgan fingerprint density at radius 1 is 1.03 bits per heavy atom. The van der Waals surface area contributed by atoms with Crippen molar-refractivity contribution < 1.29 is 14.3 Å².